The first-order valence-electron chi connectivity index (χ1n) is 26.2. The minimum Gasteiger partial charge on any atom is -0.481 e. The van der Waals surface area contributed by atoms with Crippen LogP contribution in [0.5, 0.6) is 0 Å². The van der Waals surface area contributed by atoms with Gasteiger partial charge in [0, 0.05) is 13.1 Å². The molecule has 11 amide bonds. The number of carbonyl (C=O) groups excluding carboxylic acids is 11. The molecule has 0 aliphatic carbocycles. The SMILES string of the molecule is CC(C)C[C@H](NC(=O)[C@H](CC(C)C)NC(=O)[C@@H](N)Cc1ccccc1)C(=O)N[C@@H](CCCN=C(N)N)C(=O)N[C@@H](CC(N)=O)C(=O)N1CCC[C@H]1C(=O)N[C@@H](CC(N)=O)C(=O)N[C@@H](CC(=O)O)C(=O)N[C@@H](CCCCN)C(N)=O. The van der Waals surface area contributed by atoms with Gasteiger partial charge in [-0.1, -0.05) is 58.0 Å². The third-order valence-electron chi connectivity index (χ3n) is 12.4. The van der Waals surface area contributed by atoms with Gasteiger partial charge in [0.15, 0.2) is 5.96 Å². The second-order valence-corrected chi connectivity index (χ2v) is 20.2. The Morgan fingerprint density at radius 1 is 0.595 bits per heavy atom. The zero-order valence-corrected chi connectivity index (χ0v) is 45.3. The molecule has 1 aromatic rings. The lowest BCUT2D eigenvalue weighted by atomic mass is 9.99. The summed E-state index contributed by atoms with van der Waals surface area (Å²) in [5.41, 5.74) is 39.9. The number of hydrogen-bond acceptors (Lipinski definition) is 15. The number of aliphatic carboxylic acids is 1. The number of rotatable bonds is 36. The molecule has 1 aromatic carbocycles. The van der Waals surface area contributed by atoms with Crippen LogP contribution in [0.4, 0.5) is 0 Å². The molecule has 1 aliphatic heterocycles. The van der Waals surface area contributed by atoms with Gasteiger partial charge in [-0.2, -0.15) is 0 Å². The van der Waals surface area contributed by atoms with Crippen LogP contribution in [0.2, 0.25) is 0 Å². The molecule has 1 saturated heterocycles. The molecule has 0 spiro atoms. The van der Waals surface area contributed by atoms with Crippen molar-refractivity contribution >= 4 is 76.9 Å². The smallest absolute Gasteiger partial charge is 0.305 e. The highest BCUT2D eigenvalue weighted by Gasteiger charge is 2.41. The molecule has 2 rings (SSSR count). The van der Waals surface area contributed by atoms with E-state index in [1.54, 1.807) is 26.0 Å². The van der Waals surface area contributed by atoms with E-state index in [9.17, 15) is 62.6 Å². The predicted octanol–water partition coefficient (Wildman–Crippen LogP) is -5.07. The van der Waals surface area contributed by atoms with E-state index < -0.39 is 145 Å². The first-order valence-corrected chi connectivity index (χ1v) is 26.2. The van der Waals surface area contributed by atoms with Crippen LogP contribution in [0.1, 0.15) is 110 Å². The van der Waals surface area contributed by atoms with Crippen LogP contribution in [-0.2, 0) is 64.0 Å². The monoisotopic (exact) mass is 1110 g/mol. The third-order valence-corrected chi connectivity index (χ3v) is 12.4. The minimum absolute atomic E-state index is 0.0150. The summed E-state index contributed by atoms with van der Waals surface area (Å²) in [6, 6.07) is -3.97. The number of nitrogens with two attached hydrogens (primary N) is 7. The van der Waals surface area contributed by atoms with Crippen molar-refractivity contribution in [3.8, 4) is 0 Å². The molecule has 0 saturated carbocycles. The number of benzene rings is 1. The number of amides is 11. The summed E-state index contributed by atoms with van der Waals surface area (Å²) < 4.78 is 0. The number of carboxylic acid groups (broad SMARTS) is 1. The van der Waals surface area contributed by atoms with Crippen molar-refractivity contribution in [3.05, 3.63) is 35.9 Å². The molecular formula is C50H82N16O13. The first kappa shape index (κ1) is 67.2. The lowest BCUT2D eigenvalue weighted by molar-refractivity contribution is -0.144. The molecule has 0 radical (unpaired) electrons. The fourth-order valence-corrected chi connectivity index (χ4v) is 8.52. The average molecular weight is 1120 g/mol. The van der Waals surface area contributed by atoms with Crippen LogP contribution in [0.25, 0.3) is 0 Å². The van der Waals surface area contributed by atoms with E-state index >= 15 is 0 Å². The van der Waals surface area contributed by atoms with Gasteiger partial charge in [0.25, 0.3) is 0 Å². The van der Waals surface area contributed by atoms with E-state index in [1.165, 1.54) is 0 Å². The number of carbonyl (C=O) groups is 12. The van der Waals surface area contributed by atoms with Crippen molar-refractivity contribution in [2.24, 2.45) is 57.0 Å². The maximum Gasteiger partial charge on any atom is 0.305 e. The fourth-order valence-electron chi connectivity index (χ4n) is 8.52. The van der Waals surface area contributed by atoms with Crippen molar-refractivity contribution in [3.63, 3.8) is 0 Å². The van der Waals surface area contributed by atoms with Crippen LogP contribution in [0, 0.1) is 11.8 Å². The molecule has 1 heterocycles. The summed E-state index contributed by atoms with van der Waals surface area (Å²) in [7, 11) is 0. The molecule has 0 unspecified atom stereocenters. The summed E-state index contributed by atoms with van der Waals surface area (Å²) in [5.74, 6) is -12.8. The van der Waals surface area contributed by atoms with E-state index in [4.69, 9.17) is 40.1 Å². The number of nitrogens with zero attached hydrogens (tertiary/aromatic N) is 2. The van der Waals surface area contributed by atoms with Crippen LogP contribution in [-0.4, -0.2) is 161 Å². The highest BCUT2D eigenvalue weighted by molar-refractivity contribution is 6.00. The van der Waals surface area contributed by atoms with Crippen LogP contribution < -0.4 is 77.4 Å². The summed E-state index contributed by atoms with van der Waals surface area (Å²) in [5, 5.41) is 26.9. The lowest BCUT2D eigenvalue weighted by Crippen LogP contribution is -2.61. The Kier molecular flexibility index (Phi) is 28.9. The van der Waals surface area contributed by atoms with Gasteiger partial charge in [-0.05, 0) is 88.2 Å². The van der Waals surface area contributed by atoms with E-state index in [0.29, 0.717) is 12.8 Å². The van der Waals surface area contributed by atoms with Gasteiger partial charge >= 0.3 is 5.97 Å². The quantitative estimate of drug-likeness (QED) is 0.0170. The summed E-state index contributed by atoms with van der Waals surface area (Å²) in [6.45, 7) is 7.38. The summed E-state index contributed by atoms with van der Waals surface area (Å²) in [6.07, 6.45) is -1.34. The molecule has 1 aliphatic rings. The Morgan fingerprint density at radius 3 is 1.58 bits per heavy atom. The number of hydrogen-bond donors (Lipinski definition) is 15. The average Bonchev–Trinajstić information content (AvgIpc) is 3.86. The Balaban J connectivity index is 2.41. The highest BCUT2D eigenvalue weighted by atomic mass is 16.4. The lowest BCUT2D eigenvalue weighted by Gasteiger charge is -2.31. The van der Waals surface area contributed by atoms with Crippen molar-refractivity contribution in [1.29, 1.82) is 0 Å². The normalized spacial score (nSPS) is 16.1. The minimum atomic E-state index is -1.85. The number of guanidine groups is 1. The van der Waals surface area contributed by atoms with Crippen LogP contribution in [0.3, 0.4) is 0 Å². The number of likely N-dealkylation sites (tertiary alicyclic amines) is 1. The first-order chi connectivity index (χ1) is 37.1. The fraction of sp³-hybridized carbons (Fsp3) is 0.620. The van der Waals surface area contributed by atoms with Crippen molar-refractivity contribution in [2.45, 2.75) is 166 Å². The zero-order chi connectivity index (χ0) is 59.5. The van der Waals surface area contributed by atoms with Gasteiger partial charge in [0.05, 0.1) is 25.3 Å². The molecule has 22 N–H and O–H groups in total. The molecule has 29 heteroatoms. The Hall–Kier alpha value is -7.95. The largest absolute Gasteiger partial charge is 0.481 e. The van der Waals surface area contributed by atoms with Crippen LogP contribution in [0.15, 0.2) is 35.3 Å². The summed E-state index contributed by atoms with van der Waals surface area (Å²) in [4.78, 5) is 164. The topological polar surface area (TPSA) is 507 Å². The Labute approximate surface area is 458 Å². The molecule has 440 valence electrons. The second-order valence-electron chi connectivity index (χ2n) is 20.2. The van der Waals surface area contributed by atoms with Crippen LogP contribution >= 0.6 is 0 Å². The van der Waals surface area contributed by atoms with Gasteiger partial charge in [-0.25, -0.2) is 0 Å². The van der Waals surface area contributed by atoms with Gasteiger partial charge < -0.3 is 87.4 Å². The van der Waals surface area contributed by atoms with E-state index in [0.717, 1.165) is 10.5 Å². The van der Waals surface area contributed by atoms with Gasteiger partial charge in [0.2, 0.25) is 65.0 Å². The highest BCUT2D eigenvalue weighted by Crippen LogP contribution is 2.21. The molecule has 0 aromatic heterocycles. The zero-order valence-electron chi connectivity index (χ0n) is 45.3. The number of carboxylic acids is 1. The standard InChI is InChI=1S/C50H82N16O13/c1-26(2)20-32(61-42(72)29(52)22-28-12-6-5-7-13-28)45(75)62-33(21-27(3)4)44(74)60-31(15-10-18-58-50(56)57)43(73)65-36(24-39(54)68)49(79)66-19-11-16-37(66)48(78)64-34(23-38(53)67)46(76)63-35(25-40(69)70)47(77)59-30(41(55)71)14-8-9-17-51/h5-7,12-13,26-27,29-37H,8-11,14-25,51-52H2,1-4H3,(H2,53,67)(H2,54,68)(H2,55,71)(H,59,77)(H,60,74)(H,61,72)(H,62,75)(H,63,76)(H,64,78)(H,65,73)(H,69,70)(H4,56,57,58)/t29-,30-,31-,32-,33-,34-,35-,36-,37-/m0/s1. The van der Waals surface area contributed by atoms with Gasteiger partial charge in [0.1, 0.15) is 48.3 Å². The van der Waals surface area contributed by atoms with Crippen molar-refractivity contribution in [2.75, 3.05) is 19.6 Å². The molecule has 1 fully saturated rings. The van der Waals surface area contributed by atoms with Crippen molar-refractivity contribution < 1.29 is 62.6 Å². The van der Waals surface area contributed by atoms with Gasteiger partial charge in [-0.15, -0.1) is 0 Å². The number of aliphatic imine (C=N–C) groups is 1. The second kappa shape index (κ2) is 34.0. The number of primary amides is 3. The van der Waals surface area contributed by atoms with E-state index in [-0.39, 0.29) is 88.8 Å². The molecular weight excluding hydrogens is 1030 g/mol. The maximum absolute atomic E-state index is 14.4. The van der Waals surface area contributed by atoms with E-state index in [2.05, 4.69) is 42.2 Å². The molecule has 29 nitrogen and oxygen atoms in total. The molecule has 0 bridgehead atoms. The summed E-state index contributed by atoms with van der Waals surface area (Å²) >= 11 is 0. The third kappa shape index (κ3) is 24.9. The van der Waals surface area contributed by atoms with Gasteiger partial charge in [-0.3, -0.25) is 62.5 Å². The molecule has 79 heavy (non-hydrogen) atoms. The number of unbranched alkanes of at least 4 members (excludes halogenated alkanes) is 1. The van der Waals surface area contributed by atoms with E-state index in [1.807, 2.05) is 32.0 Å². The number of nitrogens with one attached hydrogen (secondary N) is 7. The predicted molar refractivity (Wildman–Crippen MR) is 287 cm³/mol. The molecule has 9 atom stereocenters. The Morgan fingerprint density at radius 2 is 1.06 bits per heavy atom. The maximum atomic E-state index is 14.4. The van der Waals surface area contributed by atoms with Crippen molar-refractivity contribution in [1.82, 2.24) is 42.1 Å². The Bertz CT molecular complexity index is 2320.